The van der Waals surface area contributed by atoms with Crippen molar-refractivity contribution in [3.63, 3.8) is 0 Å². The summed E-state index contributed by atoms with van der Waals surface area (Å²) in [5.41, 5.74) is 0.201. The fourth-order valence-electron chi connectivity index (χ4n) is 0.826. The van der Waals surface area contributed by atoms with E-state index in [1.54, 1.807) is 0 Å². The van der Waals surface area contributed by atoms with Crippen LogP contribution in [0.5, 0.6) is 11.5 Å². The van der Waals surface area contributed by atoms with Gasteiger partial charge in [-0.05, 0) is 19.1 Å². The normalized spacial score (nSPS) is 8.12. The lowest BCUT2D eigenvalue weighted by Crippen LogP contribution is -1.92. The minimum Gasteiger partial charge on any atom is -0.504 e. The minimum atomic E-state index is -0.454. The zero-order valence-corrected chi connectivity index (χ0v) is 11.1. The predicted octanol–water partition coefficient (Wildman–Crippen LogP) is 4.01. The van der Waals surface area contributed by atoms with Gasteiger partial charge in [-0.15, -0.1) is 0 Å². The van der Waals surface area contributed by atoms with Gasteiger partial charge in [0.1, 0.15) is 0 Å². The molecule has 1 aromatic carbocycles. The van der Waals surface area contributed by atoms with Gasteiger partial charge in [0.15, 0.2) is 17.3 Å². The van der Waals surface area contributed by atoms with Crippen LogP contribution in [0.1, 0.15) is 45.0 Å². The molecular weight excluding hydrogens is 228 g/mol. The standard InChI is InChI=1S/C8H7ClO3.2C2H6/c1-4(10)5-2-3-6(11)8(12)7(5)9;2*1-2/h2-3,11-12H,1H3;2*1-2H3. The van der Waals surface area contributed by atoms with Gasteiger partial charge in [0.25, 0.3) is 0 Å². The van der Waals surface area contributed by atoms with E-state index in [-0.39, 0.29) is 22.1 Å². The molecule has 3 nitrogen and oxygen atoms in total. The fourth-order valence-corrected chi connectivity index (χ4v) is 1.12. The topological polar surface area (TPSA) is 57.5 Å². The van der Waals surface area contributed by atoms with E-state index < -0.39 is 5.75 Å². The van der Waals surface area contributed by atoms with E-state index in [9.17, 15) is 4.79 Å². The van der Waals surface area contributed by atoms with Crippen molar-refractivity contribution >= 4 is 17.4 Å². The second-order valence-electron chi connectivity index (χ2n) is 2.35. The third-order valence-corrected chi connectivity index (χ3v) is 1.86. The summed E-state index contributed by atoms with van der Waals surface area (Å²) in [6, 6.07) is 2.58. The molecule has 0 radical (unpaired) electrons. The zero-order chi connectivity index (χ0) is 13.3. The number of phenolic OH excluding ortho intramolecular Hbond substituents is 2. The second kappa shape index (κ2) is 9.04. The predicted molar refractivity (Wildman–Crippen MR) is 67.5 cm³/mol. The number of aromatic hydroxyl groups is 2. The first-order valence-corrected chi connectivity index (χ1v) is 5.63. The molecule has 16 heavy (non-hydrogen) atoms. The molecule has 0 heterocycles. The van der Waals surface area contributed by atoms with E-state index in [1.165, 1.54) is 19.1 Å². The van der Waals surface area contributed by atoms with Crippen molar-refractivity contribution in [1.82, 2.24) is 0 Å². The zero-order valence-electron chi connectivity index (χ0n) is 10.3. The number of carbonyl (C=O) groups excluding carboxylic acids is 1. The highest BCUT2D eigenvalue weighted by atomic mass is 35.5. The summed E-state index contributed by atoms with van der Waals surface area (Å²) < 4.78 is 0. The van der Waals surface area contributed by atoms with Crippen LogP contribution >= 0.6 is 11.6 Å². The molecule has 0 aliphatic rings. The number of phenols is 2. The van der Waals surface area contributed by atoms with Crippen LogP contribution in [0.25, 0.3) is 0 Å². The van der Waals surface area contributed by atoms with Crippen LogP contribution in [0, 0.1) is 0 Å². The molecule has 0 spiro atoms. The second-order valence-corrected chi connectivity index (χ2v) is 2.73. The van der Waals surface area contributed by atoms with Crippen LogP contribution in [-0.2, 0) is 0 Å². The van der Waals surface area contributed by atoms with Gasteiger partial charge >= 0.3 is 0 Å². The number of hydrogen-bond donors (Lipinski definition) is 2. The van der Waals surface area contributed by atoms with Crippen molar-refractivity contribution in [1.29, 1.82) is 0 Å². The van der Waals surface area contributed by atoms with Crippen LogP contribution < -0.4 is 0 Å². The van der Waals surface area contributed by atoms with Gasteiger partial charge in [-0.1, -0.05) is 39.3 Å². The first-order chi connectivity index (χ1) is 7.54. The molecule has 1 rings (SSSR count). The Morgan fingerprint density at radius 2 is 1.56 bits per heavy atom. The number of ketones is 1. The van der Waals surface area contributed by atoms with E-state index in [2.05, 4.69) is 0 Å². The Kier molecular flexibility index (Phi) is 9.71. The maximum Gasteiger partial charge on any atom is 0.177 e. The maximum absolute atomic E-state index is 10.9. The van der Waals surface area contributed by atoms with Gasteiger partial charge in [0, 0.05) is 5.56 Å². The molecule has 0 aromatic heterocycles. The highest BCUT2D eigenvalue weighted by molar-refractivity contribution is 6.35. The molecule has 0 unspecified atom stereocenters. The summed E-state index contributed by atoms with van der Waals surface area (Å²) in [5, 5.41) is 18.0. The fraction of sp³-hybridized carbons (Fsp3) is 0.417. The molecule has 2 N–H and O–H groups in total. The molecule has 0 bridgehead atoms. The van der Waals surface area contributed by atoms with Gasteiger partial charge in [-0.25, -0.2) is 0 Å². The molecular formula is C12H19ClO3. The average molecular weight is 247 g/mol. The van der Waals surface area contributed by atoms with E-state index in [0.717, 1.165) is 0 Å². The van der Waals surface area contributed by atoms with Crippen LogP contribution in [0.15, 0.2) is 12.1 Å². The van der Waals surface area contributed by atoms with Crippen molar-refractivity contribution in [2.75, 3.05) is 0 Å². The molecule has 0 saturated heterocycles. The maximum atomic E-state index is 10.9. The first kappa shape index (κ1) is 17.2. The van der Waals surface area contributed by atoms with Crippen molar-refractivity contribution in [2.45, 2.75) is 34.6 Å². The molecule has 0 fully saturated rings. The van der Waals surface area contributed by atoms with Gasteiger partial charge in [0.2, 0.25) is 0 Å². The van der Waals surface area contributed by atoms with Crippen molar-refractivity contribution in [3.05, 3.63) is 22.7 Å². The van der Waals surface area contributed by atoms with E-state index in [4.69, 9.17) is 21.8 Å². The number of rotatable bonds is 1. The Balaban J connectivity index is 0. The van der Waals surface area contributed by atoms with Gasteiger partial charge in [-0.3, -0.25) is 4.79 Å². The third kappa shape index (κ3) is 4.53. The molecule has 1 aromatic rings. The molecule has 4 heteroatoms. The summed E-state index contributed by atoms with van der Waals surface area (Å²) in [5.74, 6) is -1.04. The summed E-state index contributed by atoms with van der Waals surface area (Å²) in [6.45, 7) is 9.33. The number of hydrogen-bond acceptors (Lipinski definition) is 3. The van der Waals surface area contributed by atoms with Crippen molar-refractivity contribution in [2.24, 2.45) is 0 Å². The smallest absolute Gasteiger partial charge is 0.177 e. The van der Waals surface area contributed by atoms with Crippen LogP contribution in [0.3, 0.4) is 0 Å². The minimum absolute atomic E-state index is 0.109. The Morgan fingerprint density at radius 3 is 1.94 bits per heavy atom. The number of carbonyl (C=O) groups is 1. The lowest BCUT2D eigenvalue weighted by Gasteiger charge is -2.03. The average Bonchev–Trinajstić information content (AvgIpc) is 2.31. The van der Waals surface area contributed by atoms with Crippen LogP contribution in [-0.4, -0.2) is 16.0 Å². The van der Waals surface area contributed by atoms with E-state index >= 15 is 0 Å². The Hall–Kier alpha value is -1.22. The summed E-state index contributed by atoms with van der Waals surface area (Å²) in [4.78, 5) is 10.9. The van der Waals surface area contributed by atoms with Gasteiger partial charge < -0.3 is 10.2 Å². The van der Waals surface area contributed by atoms with Crippen molar-refractivity contribution < 1.29 is 15.0 Å². The molecule has 0 aliphatic carbocycles. The highest BCUT2D eigenvalue weighted by Gasteiger charge is 2.12. The Bertz CT molecular complexity index is 335. The molecule has 0 amide bonds. The Morgan fingerprint density at radius 1 is 1.12 bits per heavy atom. The van der Waals surface area contributed by atoms with E-state index in [0.29, 0.717) is 0 Å². The lowest BCUT2D eigenvalue weighted by atomic mass is 10.1. The van der Waals surface area contributed by atoms with Crippen LogP contribution in [0.2, 0.25) is 5.02 Å². The lowest BCUT2D eigenvalue weighted by molar-refractivity contribution is 0.101. The largest absolute Gasteiger partial charge is 0.504 e. The summed E-state index contributed by atoms with van der Waals surface area (Å²) in [7, 11) is 0. The highest BCUT2D eigenvalue weighted by Crippen LogP contribution is 2.35. The Labute approximate surface area is 102 Å². The van der Waals surface area contributed by atoms with Gasteiger partial charge in [-0.2, -0.15) is 0 Å². The monoisotopic (exact) mass is 246 g/mol. The van der Waals surface area contributed by atoms with E-state index in [1.807, 2.05) is 27.7 Å². The number of benzene rings is 1. The number of Topliss-reactive ketones (excluding diaryl/α,β-unsaturated/α-hetero) is 1. The molecule has 92 valence electrons. The first-order valence-electron chi connectivity index (χ1n) is 5.25. The SMILES string of the molecule is CC.CC.CC(=O)c1ccc(O)c(O)c1Cl. The summed E-state index contributed by atoms with van der Waals surface area (Å²) in [6.07, 6.45) is 0. The molecule has 0 aliphatic heterocycles. The molecule has 0 saturated carbocycles. The molecule has 0 atom stereocenters. The number of halogens is 1. The summed E-state index contributed by atoms with van der Waals surface area (Å²) >= 11 is 5.56. The van der Waals surface area contributed by atoms with Gasteiger partial charge in [0.05, 0.1) is 5.02 Å². The van der Waals surface area contributed by atoms with Crippen LogP contribution in [0.4, 0.5) is 0 Å². The van der Waals surface area contributed by atoms with Crippen molar-refractivity contribution in [3.8, 4) is 11.5 Å². The third-order valence-electron chi connectivity index (χ3n) is 1.47. The quantitative estimate of drug-likeness (QED) is 0.582.